The van der Waals surface area contributed by atoms with Gasteiger partial charge in [-0.2, -0.15) is 13.5 Å². The van der Waals surface area contributed by atoms with Gasteiger partial charge in [0.1, 0.15) is 12.4 Å². The van der Waals surface area contributed by atoms with E-state index in [4.69, 9.17) is 14.2 Å². The molecule has 0 bridgehead atoms. The Kier molecular flexibility index (Phi) is 6.73. The van der Waals surface area contributed by atoms with Gasteiger partial charge in [-0.05, 0) is 24.3 Å². The molecule has 0 spiro atoms. The highest BCUT2D eigenvalue weighted by molar-refractivity contribution is 7.59. The first-order valence-corrected chi connectivity index (χ1v) is 7.87. The molecule has 0 amide bonds. The zero-order valence-corrected chi connectivity index (χ0v) is 15.4. The first-order chi connectivity index (χ1) is 11.7. The fourth-order valence-electron chi connectivity index (χ4n) is 2.90. The van der Waals surface area contributed by atoms with Crippen molar-refractivity contribution in [2.45, 2.75) is 12.6 Å². The van der Waals surface area contributed by atoms with Gasteiger partial charge in [-0.1, -0.05) is 24.3 Å². The number of hydrogen-bond acceptors (Lipinski definition) is 5. The van der Waals surface area contributed by atoms with Crippen molar-refractivity contribution in [3.63, 3.8) is 0 Å². The summed E-state index contributed by atoms with van der Waals surface area (Å²) in [7, 11) is 3.07. The Morgan fingerprint density at radius 2 is 1.96 bits per heavy atom. The van der Waals surface area contributed by atoms with E-state index in [-0.39, 0.29) is 25.5 Å². The normalized spacial score (nSPS) is 16.1. The molecule has 0 fully saturated rings. The highest BCUT2D eigenvalue weighted by atomic mass is 32.1. The van der Waals surface area contributed by atoms with Crippen LogP contribution in [-0.2, 0) is 16.0 Å². The van der Waals surface area contributed by atoms with Crippen LogP contribution < -0.4 is 9.64 Å². The fraction of sp³-hybridized carbons (Fsp3) is 0.316. The van der Waals surface area contributed by atoms with Crippen LogP contribution in [0.1, 0.15) is 15.9 Å². The first-order valence-electron chi connectivity index (χ1n) is 7.87. The third-order valence-corrected chi connectivity index (χ3v) is 4.15. The molecule has 2 aromatic carbocycles. The summed E-state index contributed by atoms with van der Waals surface area (Å²) in [6, 6.07) is 15.7. The molecule has 2 aromatic rings. The van der Waals surface area contributed by atoms with Gasteiger partial charge in [0.2, 0.25) is 0 Å². The van der Waals surface area contributed by atoms with Crippen LogP contribution in [0.25, 0.3) is 0 Å². The van der Waals surface area contributed by atoms with Crippen LogP contribution in [0.3, 0.4) is 0 Å². The lowest BCUT2D eigenvalue weighted by Gasteiger charge is -2.30. The molecule has 0 saturated heterocycles. The van der Waals surface area contributed by atoms with Gasteiger partial charge in [-0.3, -0.25) is 0 Å². The molecule has 0 unspecified atom stereocenters. The Labute approximate surface area is 154 Å². The van der Waals surface area contributed by atoms with Gasteiger partial charge in [0.05, 0.1) is 25.3 Å². The Hall–Kier alpha value is -2.18. The summed E-state index contributed by atoms with van der Waals surface area (Å²) in [5.41, 5.74) is 2.64. The van der Waals surface area contributed by atoms with Gasteiger partial charge < -0.3 is 19.1 Å². The first kappa shape index (κ1) is 19.1. The number of carbonyl (C=O) groups excluding carboxylic acids is 1. The minimum absolute atomic E-state index is 0. The number of hydrogen-bond donors (Lipinski definition) is 0. The molecule has 1 aliphatic rings. The Morgan fingerprint density at radius 3 is 2.64 bits per heavy atom. The molecule has 1 atom stereocenters. The molecule has 0 radical (unpaired) electrons. The average Bonchev–Trinajstić information content (AvgIpc) is 2.81. The lowest BCUT2D eigenvalue weighted by atomic mass is 10.1. The minimum atomic E-state index is -0.362. The standard InChI is InChI=1S/C19H21NO4.H2S/c1-22-12-17-13-24-18-10-14(19(21)23-2)8-9-15(18)11-20(17)16-6-4-3-5-7-16;/h3-10,17H,11-13H2,1-2H3;1H2/t17-;/m0./s1. The van der Waals surface area contributed by atoms with Crippen LogP contribution in [0.15, 0.2) is 48.5 Å². The largest absolute Gasteiger partial charge is 0.491 e. The maximum atomic E-state index is 11.7. The zero-order valence-electron chi connectivity index (χ0n) is 14.4. The lowest BCUT2D eigenvalue weighted by Crippen LogP contribution is -2.40. The second-order valence-corrected chi connectivity index (χ2v) is 5.70. The van der Waals surface area contributed by atoms with Crippen molar-refractivity contribution in [2.75, 3.05) is 32.3 Å². The van der Waals surface area contributed by atoms with Crippen molar-refractivity contribution >= 4 is 25.2 Å². The smallest absolute Gasteiger partial charge is 0.337 e. The van der Waals surface area contributed by atoms with Crippen LogP contribution in [0.4, 0.5) is 5.69 Å². The number of ether oxygens (including phenoxy) is 3. The predicted octanol–water partition coefficient (Wildman–Crippen LogP) is 3.00. The van der Waals surface area contributed by atoms with E-state index in [2.05, 4.69) is 17.0 Å². The van der Waals surface area contributed by atoms with Gasteiger partial charge in [-0.25, -0.2) is 4.79 Å². The van der Waals surface area contributed by atoms with Gasteiger partial charge in [0, 0.05) is 24.9 Å². The quantitative estimate of drug-likeness (QED) is 0.784. The zero-order chi connectivity index (χ0) is 16.9. The predicted molar refractivity (Wildman–Crippen MR) is 102 cm³/mol. The molecule has 5 nitrogen and oxygen atoms in total. The third-order valence-electron chi connectivity index (χ3n) is 4.15. The SMILES string of the molecule is COC[C@H]1COc2cc(C(=O)OC)ccc2CN1c1ccccc1.S. The fourth-order valence-corrected chi connectivity index (χ4v) is 2.90. The van der Waals surface area contributed by atoms with Gasteiger partial charge in [0.15, 0.2) is 0 Å². The number of carbonyl (C=O) groups is 1. The minimum Gasteiger partial charge on any atom is -0.491 e. The number of nitrogens with zero attached hydrogens (tertiary/aromatic N) is 1. The summed E-state index contributed by atoms with van der Waals surface area (Å²) in [5, 5.41) is 0. The van der Waals surface area contributed by atoms with Crippen LogP contribution in [0.5, 0.6) is 5.75 Å². The van der Waals surface area contributed by atoms with Gasteiger partial charge >= 0.3 is 5.97 Å². The van der Waals surface area contributed by atoms with Crippen LogP contribution in [0.2, 0.25) is 0 Å². The van der Waals surface area contributed by atoms with E-state index in [1.807, 2.05) is 24.3 Å². The number of para-hydroxylation sites is 1. The van der Waals surface area contributed by atoms with Crippen molar-refractivity contribution in [3.05, 3.63) is 59.7 Å². The number of methoxy groups -OCH3 is 2. The molecule has 0 saturated carbocycles. The number of rotatable bonds is 4. The molecule has 0 N–H and O–H groups in total. The van der Waals surface area contributed by atoms with E-state index in [1.165, 1.54) is 7.11 Å². The molecule has 0 aliphatic carbocycles. The second-order valence-electron chi connectivity index (χ2n) is 5.70. The molecule has 0 aromatic heterocycles. The molecule has 3 rings (SSSR count). The summed E-state index contributed by atoms with van der Waals surface area (Å²) >= 11 is 0. The van der Waals surface area contributed by atoms with Crippen molar-refractivity contribution in [2.24, 2.45) is 0 Å². The van der Waals surface area contributed by atoms with Crippen LogP contribution >= 0.6 is 13.5 Å². The third kappa shape index (κ3) is 4.27. The molecule has 1 aliphatic heterocycles. The summed E-state index contributed by atoms with van der Waals surface area (Å²) in [6.45, 7) is 1.74. The molecular formula is C19H23NO4S. The van der Waals surface area contributed by atoms with E-state index in [9.17, 15) is 4.79 Å². The van der Waals surface area contributed by atoms with Crippen LogP contribution in [0, 0.1) is 0 Å². The maximum absolute atomic E-state index is 11.7. The number of fused-ring (bicyclic) bond motifs is 1. The van der Waals surface area contributed by atoms with E-state index >= 15 is 0 Å². The molecule has 1 heterocycles. The highest BCUT2D eigenvalue weighted by Crippen LogP contribution is 2.30. The number of esters is 1. The maximum Gasteiger partial charge on any atom is 0.337 e. The number of benzene rings is 2. The average molecular weight is 361 g/mol. The topological polar surface area (TPSA) is 48.0 Å². The molecule has 6 heteroatoms. The Bertz CT molecular complexity index is 708. The second kappa shape index (κ2) is 8.78. The molecule has 25 heavy (non-hydrogen) atoms. The van der Waals surface area contributed by atoms with E-state index in [0.29, 0.717) is 25.3 Å². The lowest BCUT2D eigenvalue weighted by molar-refractivity contribution is 0.0600. The summed E-state index contributed by atoms with van der Waals surface area (Å²) in [6.07, 6.45) is 0. The van der Waals surface area contributed by atoms with Crippen molar-refractivity contribution in [1.82, 2.24) is 0 Å². The van der Waals surface area contributed by atoms with Crippen molar-refractivity contribution < 1.29 is 19.0 Å². The Balaban J connectivity index is 0.00000225. The van der Waals surface area contributed by atoms with E-state index in [0.717, 1.165) is 17.0 Å². The van der Waals surface area contributed by atoms with Crippen LogP contribution in [-0.4, -0.2) is 39.4 Å². The number of anilines is 1. The van der Waals surface area contributed by atoms with Crippen molar-refractivity contribution in [3.8, 4) is 5.75 Å². The molecule has 134 valence electrons. The van der Waals surface area contributed by atoms with Crippen molar-refractivity contribution in [1.29, 1.82) is 0 Å². The molecular weight excluding hydrogens is 338 g/mol. The summed E-state index contributed by atoms with van der Waals surface area (Å²) in [5.74, 6) is 0.358. The summed E-state index contributed by atoms with van der Waals surface area (Å²) < 4.78 is 16.1. The highest BCUT2D eigenvalue weighted by Gasteiger charge is 2.25. The monoisotopic (exact) mass is 361 g/mol. The Morgan fingerprint density at radius 1 is 1.20 bits per heavy atom. The summed E-state index contributed by atoms with van der Waals surface area (Å²) in [4.78, 5) is 14.0. The van der Waals surface area contributed by atoms with E-state index < -0.39 is 0 Å². The van der Waals surface area contributed by atoms with Gasteiger partial charge in [0.25, 0.3) is 0 Å². The van der Waals surface area contributed by atoms with Gasteiger partial charge in [-0.15, -0.1) is 0 Å². The van der Waals surface area contributed by atoms with E-state index in [1.54, 1.807) is 19.2 Å².